The van der Waals surface area contributed by atoms with Gasteiger partial charge >= 0.3 is 0 Å². The average molecular weight is 368 g/mol. The van der Waals surface area contributed by atoms with E-state index in [0.717, 1.165) is 32.5 Å². The summed E-state index contributed by atoms with van der Waals surface area (Å²) in [4.78, 5) is 17.5. The summed E-state index contributed by atoms with van der Waals surface area (Å²) in [6.07, 6.45) is 2.24. The summed E-state index contributed by atoms with van der Waals surface area (Å²) in [5.74, 6) is 0.336. The molecular weight excluding hydrogens is 343 g/mol. The van der Waals surface area contributed by atoms with Crippen molar-refractivity contribution in [2.45, 2.75) is 25.4 Å². The average Bonchev–Trinajstić information content (AvgIpc) is 3.00. The molecule has 0 saturated carbocycles. The first-order valence-corrected chi connectivity index (χ1v) is 9.55. The van der Waals surface area contributed by atoms with Crippen LogP contribution >= 0.6 is 0 Å². The lowest BCUT2D eigenvalue weighted by Gasteiger charge is -2.36. The zero-order valence-corrected chi connectivity index (χ0v) is 15.6. The molecule has 3 fully saturated rings. The maximum absolute atomic E-state index is 13.7. The van der Waals surface area contributed by atoms with Crippen LogP contribution in [0.5, 0.6) is 5.75 Å². The van der Waals surface area contributed by atoms with E-state index in [2.05, 4.69) is 29.2 Å². The first kappa shape index (κ1) is 18.0. The molecule has 142 valence electrons. The van der Waals surface area contributed by atoms with Crippen LogP contribution in [0.3, 0.4) is 0 Å². The van der Waals surface area contributed by atoms with Crippen molar-refractivity contribution in [1.82, 2.24) is 9.80 Å². The van der Waals surface area contributed by atoms with E-state index in [-0.39, 0.29) is 5.91 Å². The molecule has 0 aliphatic carbocycles. The van der Waals surface area contributed by atoms with Gasteiger partial charge in [-0.1, -0.05) is 30.3 Å². The molecule has 2 aromatic carbocycles. The highest BCUT2D eigenvalue weighted by molar-refractivity contribution is 5.97. The van der Waals surface area contributed by atoms with Crippen molar-refractivity contribution in [3.8, 4) is 5.75 Å². The number of hydrogen-bond donors (Lipinski definition) is 0. The maximum atomic E-state index is 13.7. The zero-order chi connectivity index (χ0) is 18.8. The fourth-order valence-corrected chi connectivity index (χ4v) is 4.37. The van der Waals surface area contributed by atoms with Crippen molar-refractivity contribution >= 4 is 5.91 Å². The number of halogens is 1. The highest BCUT2D eigenvalue weighted by Gasteiger charge is 2.37. The second-order valence-electron chi connectivity index (χ2n) is 7.57. The summed E-state index contributed by atoms with van der Waals surface area (Å²) in [7, 11) is 1.51. The van der Waals surface area contributed by atoms with Crippen molar-refractivity contribution in [1.29, 1.82) is 0 Å². The number of carbonyl (C=O) groups excluding carboxylic acids is 1. The van der Waals surface area contributed by atoms with E-state index in [9.17, 15) is 9.18 Å². The Morgan fingerprint density at radius 2 is 1.93 bits per heavy atom. The van der Waals surface area contributed by atoms with E-state index in [4.69, 9.17) is 4.74 Å². The molecule has 0 spiro atoms. The monoisotopic (exact) mass is 368 g/mol. The molecule has 2 bridgehead atoms. The molecule has 2 atom stereocenters. The number of rotatable bonds is 4. The minimum Gasteiger partial charge on any atom is -0.496 e. The fraction of sp³-hybridized carbons (Fsp3) is 0.409. The lowest BCUT2D eigenvalue weighted by atomic mass is 9.94. The molecule has 3 heterocycles. The van der Waals surface area contributed by atoms with E-state index >= 15 is 0 Å². The van der Waals surface area contributed by atoms with Gasteiger partial charge in [0, 0.05) is 32.2 Å². The van der Waals surface area contributed by atoms with Crippen LogP contribution in [0.4, 0.5) is 4.39 Å². The van der Waals surface area contributed by atoms with E-state index in [1.165, 1.54) is 30.9 Å². The van der Waals surface area contributed by atoms with Crippen molar-refractivity contribution < 1.29 is 13.9 Å². The Balaban J connectivity index is 1.53. The Hall–Kier alpha value is -2.40. The van der Waals surface area contributed by atoms with Crippen LogP contribution in [0.1, 0.15) is 28.8 Å². The Morgan fingerprint density at radius 3 is 2.70 bits per heavy atom. The van der Waals surface area contributed by atoms with Gasteiger partial charge in [-0.25, -0.2) is 4.39 Å². The summed E-state index contributed by atoms with van der Waals surface area (Å²) < 4.78 is 19.0. The molecule has 0 N–H and O–H groups in total. The number of amides is 1. The van der Waals surface area contributed by atoms with Crippen molar-refractivity contribution in [3.05, 3.63) is 65.5 Å². The highest BCUT2D eigenvalue weighted by Crippen LogP contribution is 2.31. The number of ether oxygens (including phenoxy) is 1. The summed E-state index contributed by atoms with van der Waals surface area (Å²) in [5.41, 5.74) is 1.61. The largest absolute Gasteiger partial charge is 0.496 e. The molecule has 0 radical (unpaired) electrons. The Morgan fingerprint density at radius 1 is 1.11 bits per heavy atom. The van der Waals surface area contributed by atoms with Gasteiger partial charge in [0.2, 0.25) is 0 Å². The van der Waals surface area contributed by atoms with E-state index in [0.29, 0.717) is 29.8 Å². The van der Waals surface area contributed by atoms with Crippen molar-refractivity contribution in [2.75, 3.05) is 26.7 Å². The molecule has 2 aromatic rings. The van der Waals surface area contributed by atoms with Gasteiger partial charge in [-0.2, -0.15) is 0 Å². The maximum Gasteiger partial charge on any atom is 0.257 e. The summed E-state index contributed by atoms with van der Waals surface area (Å²) in [6.45, 7) is 3.32. The van der Waals surface area contributed by atoms with Crippen LogP contribution in [-0.2, 0) is 6.54 Å². The molecule has 1 amide bonds. The predicted octanol–water partition coefficient (Wildman–Crippen LogP) is 3.57. The summed E-state index contributed by atoms with van der Waals surface area (Å²) >= 11 is 0. The van der Waals surface area contributed by atoms with Gasteiger partial charge in [-0.05, 0) is 42.5 Å². The Kier molecular flexibility index (Phi) is 5.12. The van der Waals surface area contributed by atoms with Crippen LogP contribution in [0.25, 0.3) is 0 Å². The molecule has 3 aliphatic heterocycles. The third-order valence-electron chi connectivity index (χ3n) is 5.73. The molecule has 27 heavy (non-hydrogen) atoms. The summed E-state index contributed by atoms with van der Waals surface area (Å²) in [5, 5.41) is 0. The molecule has 0 unspecified atom stereocenters. The number of hydrogen-bond acceptors (Lipinski definition) is 3. The molecule has 3 saturated heterocycles. The number of carbonyl (C=O) groups is 1. The number of benzene rings is 2. The summed E-state index contributed by atoms with van der Waals surface area (Å²) in [6, 6.07) is 14.9. The van der Waals surface area contributed by atoms with E-state index < -0.39 is 5.82 Å². The highest BCUT2D eigenvalue weighted by atomic mass is 19.1. The number of methoxy groups -OCH3 is 1. The Bertz CT molecular complexity index is 811. The van der Waals surface area contributed by atoms with Crippen molar-refractivity contribution in [3.63, 3.8) is 0 Å². The lowest BCUT2D eigenvalue weighted by molar-refractivity contribution is 0.0732. The smallest absolute Gasteiger partial charge is 0.257 e. The zero-order valence-electron chi connectivity index (χ0n) is 15.6. The first-order chi connectivity index (χ1) is 13.1. The van der Waals surface area contributed by atoms with Crippen LogP contribution in [0.2, 0.25) is 0 Å². The van der Waals surface area contributed by atoms with Gasteiger partial charge in [-0.3, -0.25) is 9.69 Å². The van der Waals surface area contributed by atoms with E-state index in [1.807, 2.05) is 11.0 Å². The van der Waals surface area contributed by atoms with Gasteiger partial charge in [0.15, 0.2) is 0 Å². The SMILES string of the molecule is COc1ccc(F)cc1C(=O)N1C[C@H]2CC[C@@H](C1)N(Cc1ccccc1)C2. The number of piperidine rings is 1. The first-order valence-electron chi connectivity index (χ1n) is 9.55. The third kappa shape index (κ3) is 3.83. The van der Waals surface area contributed by atoms with Gasteiger partial charge in [0.05, 0.1) is 12.7 Å². The normalized spacial score (nSPS) is 22.5. The minimum atomic E-state index is -0.414. The molecular formula is C22H25FN2O2. The van der Waals surface area contributed by atoms with E-state index in [1.54, 1.807) is 0 Å². The molecule has 3 aliphatic rings. The van der Waals surface area contributed by atoms with Gasteiger partial charge in [0.25, 0.3) is 5.91 Å². The number of nitrogens with zero attached hydrogens (tertiary/aromatic N) is 2. The quantitative estimate of drug-likeness (QED) is 0.827. The molecule has 0 aromatic heterocycles. The molecule has 5 rings (SSSR count). The predicted molar refractivity (Wildman–Crippen MR) is 102 cm³/mol. The van der Waals surface area contributed by atoms with Gasteiger partial charge in [-0.15, -0.1) is 0 Å². The molecule has 5 heteroatoms. The fourth-order valence-electron chi connectivity index (χ4n) is 4.37. The van der Waals surface area contributed by atoms with Crippen molar-refractivity contribution in [2.24, 2.45) is 5.92 Å². The van der Waals surface area contributed by atoms with Crippen LogP contribution in [0, 0.1) is 11.7 Å². The minimum absolute atomic E-state index is 0.134. The number of fused-ring (bicyclic) bond motifs is 4. The second kappa shape index (κ2) is 7.69. The molecule has 4 nitrogen and oxygen atoms in total. The Labute approximate surface area is 159 Å². The third-order valence-corrected chi connectivity index (χ3v) is 5.73. The topological polar surface area (TPSA) is 32.8 Å². The van der Waals surface area contributed by atoms with Gasteiger partial charge < -0.3 is 9.64 Å². The van der Waals surface area contributed by atoms with Crippen LogP contribution in [-0.4, -0.2) is 48.5 Å². The van der Waals surface area contributed by atoms with Gasteiger partial charge in [0.1, 0.15) is 11.6 Å². The van der Waals surface area contributed by atoms with Crippen LogP contribution in [0.15, 0.2) is 48.5 Å². The van der Waals surface area contributed by atoms with Crippen LogP contribution < -0.4 is 4.74 Å². The lowest BCUT2D eigenvalue weighted by Crippen LogP contribution is -2.43. The second-order valence-corrected chi connectivity index (χ2v) is 7.57. The standard InChI is InChI=1S/C22H25FN2O2/c1-27-21-10-8-18(23)11-20(21)22(26)25-14-17-7-9-19(15-25)24(13-17)12-16-5-3-2-4-6-16/h2-6,8,10-11,17,19H,7,9,12-15H2,1H3/t17-,19-/m0/s1.